The summed E-state index contributed by atoms with van der Waals surface area (Å²) in [5.74, 6) is -0.453. The first-order valence-electron chi connectivity index (χ1n) is 7.12. The van der Waals surface area contributed by atoms with Crippen molar-refractivity contribution in [1.82, 2.24) is 0 Å². The van der Waals surface area contributed by atoms with Gasteiger partial charge in [0.2, 0.25) is 0 Å². The Morgan fingerprint density at radius 3 is 2.71 bits per heavy atom. The minimum absolute atomic E-state index is 0.386. The molecular weight excluding hydrogens is 330 g/mol. The molecule has 1 amide bonds. The summed E-state index contributed by atoms with van der Waals surface area (Å²) in [6.45, 7) is -0.386. The highest BCUT2D eigenvalue weighted by atomic mass is 35.5. The second-order valence-corrected chi connectivity index (χ2v) is 5.15. The molecule has 0 bridgehead atoms. The molecule has 1 N–H and O–H groups in total. The SMILES string of the molecule is COc1cccc(NC(=O)COC(=O)/C=C/c2ccccc2Cl)c1. The van der Waals surface area contributed by atoms with Crippen LogP contribution in [0.2, 0.25) is 5.02 Å². The summed E-state index contributed by atoms with van der Waals surface area (Å²) in [6.07, 6.45) is 2.75. The van der Waals surface area contributed by atoms with E-state index in [4.69, 9.17) is 21.1 Å². The zero-order chi connectivity index (χ0) is 17.4. The smallest absolute Gasteiger partial charge is 0.331 e. The zero-order valence-corrected chi connectivity index (χ0v) is 13.7. The fraction of sp³-hybridized carbons (Fsp3) is 0.111. The second kappa shape index (κ2) is 8.74. The Balaban J connectivity index is 1.83. The Morgan fingerprint density at radius 1 is 1.17 bits per heavy atom. The van der Waals surface area contributed by atoms with Gasteiger partial charge in [-0.3, -0.25) is 4.79 Å². The Bertz CT molecular complexity index is 758. The van der Waals surface area contributed by atoms with Gasteiger partial charge in [0.15, 0.2) is 6.61 Å². The molecule has 0 radical (unpaired) electrons. The molecule has 0 spiro atoms. The number of anilines is 1. The van der Waals surface area contributed by atoms with Crippen LogP contribution >= 0.6 is 11.6 Å². The third kappa shape index (κ3) is 5.44. The van der Waals surface area contributed by atoms with Gasteiger partial charge in [-0.2, -0.15) is 0 Å². The van der Waals surface area contributed by atoms with Gasteiger partial charge in [0, 0.05) is 22.9 Å². The number of hydrogen-bond acceptors (Lipinski definition) is 4. The maximum absolute atomic E-state index is 11.8. The van der Waals surface area contributed by atoms with E-state index in [0.717, 1.165) is 0 Å². The number of carbonyl (C=O) groups is 2. The summed E-state index contributed by atoms with van der Waals surface area (Å²) in [7, 11) is 1.54. The van der Waals surface area contributed by atoms with Crippen LogP contribution in [0, 0.1) is 0 Å². The highest BCUT2D eigenvalue weighted by molar-refractivity contribution is 6.32. The number of esters is 1. The normalized spacial score (nSPS) is 10.4. The third-order valence-electron chi connectivity index (χ3n) is 3.00. The standard InChI is InChI=1S/C18H16ClNO4/c1-23-15-7-4-6-14(11-15)20-17(21)12-24-18(22)10-9-13-5-2-3-8-16(13)19/h2-11H,12H2,1H3,(H,20,21)/b10-9+. The molecule has 0 aliphatic rings. The summed E-state index contributed by atoms with van der Waals surface area (Å²) >= 11 is 5.97. The number of hydrogen-bond donors (Lipinski definition) is 1. The molecule has 2 aromatic rings. The fourth-order valence-corrected chi connectivity index (χ4v) is 2.05. The molecule has 0 saturated carbocycles. The largest absolute Gasteiger partial charge is 0.497 e. The lowest BCUT2D eigenvalue weighted by Crippen LogP contribution is -2.20. The van der Waals surface area contributed by atoms with Gasteiger partial charge < -0.3 is 14.8 Å². The van der Waals surface area contributed by atoms with E-state index in [1.807, 2.05) is 0 Å². The molecule has 0 atom stereocenters. The fourth-order valence-electron chi connectivity index (χ4n) is 1.85. The van der Waals surface area contributed by atoms with Crippen LogP contribution in [0.1, 0.15) is 5.56 Å². The monoisotopic (exact) mass is 345 g/mol. The van der Waals surface area contributed by atoms with E-state index in [1.165, 1.54) is 19.3 Å². The van der Waals surface area contributed by atoms with Crippen LogP contribution in [0.3, 0.4) is 0 Å². The molecule has 24 heavy (non-hydrogen) atoms. The van der Waals surface area contributed by atoms with E-state index in [0.29, 0.717) is 22.0 Å². The molecule has 124 valence electrons. The lowest BCUT2D eigenvalue weighted by molar-refractivity contribution is -0.142. The molecule has 0 heterocycles. The second-order valence-electron chi connectivity index (χ2n) is 4.74. The van der Waals surface area contributed by atoms with Crippen molar-refractivity contribution in [2.24, 2.45) is 0 Å². The number of nitrogens with one attached hydrogen (secondary N) is 1. The topological polar surface area (TPSA) is 64.6 Å². The number of benzene rings is 2. The van der Waals surface area contributed by atoms with E-state index in [-0.39, 0.29) is 6.61 Å². The molecule has 5 nitrogen and oxygen atoms in total. The van der Waals surface area contributed by atoms with Crippen molar-refractivity contribution < 1.29 is 19.1 Å². The van der Waals surface area contributed by atoms with E-state index >= 15 is 0 Å². The van der Waals surface area contributed by atoms with Crippen molar-refractivity contribution in [3.63, 3.8) is 0 Å². The highest BCUT2D eigenvalue weighted by Gasteiger charge is 2.06. The first kappa shape index (κ1) is 17.6. The molecule has 0 fully saturated rings. The first-order chi connectivity index (χ1) is 11.6. The quantitative estimate of drug-likeness (QED) is 0.642. The van der Waals surface area contributed by atoms with Gasteiger partial charge in [-0.1, -0.05) is 35.9 Å². The van der Waals surface area contributed by atoms with E-state index in [1.54, 1.807) is 48.5 Å². The van der Waals surface area contributed by atoms with Crippen LogP contribution in [0.4, 0.5) is 5.69 Å². The third-order valence-corrected chi connectivity index (χ3v) is 3.35. The van der Waals surface area contributed by atoms with Crippen LogP contribution in [0.5, 0.6) is 5.75 Å². The van der Waals surface area contributed by atoms with Crippen molar-refractivity contribution in [2.75, 3.05) is 19.0 Å². The van der Waals surface area contributed by atoms with Gasteiger partial charge in [-0.25, -0.2) is 4.79 Å². The number of carbonyl (C=O) groups excluding carboxylic acids is 2. The van der Waals surface area contributed by atoms with Gasteiger partial charge >= 0.3 is 5.97 Å². The average molecular weight is 346 g/mol. The van der Waals surface area contributed by atoms with Gasteiger partial charge in [0.1, 0.15) is 5.75 Å². The number of ether oxygens (including phenoxy) is 2. The molecule has 0 aromatic heterocycles. The predicted molar refractivity (Wildman–Crippen MR) is 93.1 cm³/mol. The maximum atomic E-state index is 11.8. The van der Waals surface area contributed by atoms with Crippen LogP contribution in [0.25, 0.3) is 6.08 Å². The van der Waals surface area contributed by atoms with E-state index in [2.05, 4.69) is 5.32 Å². The van der Waals surface area contributed by atoms with Crippen molar-refractivity contribution in [1.29, 1.82) is 0 Å². The average Bonchev–Trinajstić information content (AvgIpc) is 2.59. The number of amides is 1. The lowest BCUT2D eigenvalue weighted by atomic mass is 10.2. The summed E-state index contributed by atoms with van der Waals surface area (Å²) in [5.41, 5.74) is 1.25. The van der Waals surface area contributed by atoms with E-state index < -0.39 is 11.9 Å². The highest BCUT2D eigenvalue weighted by Crippen LogP contribution is 2.17. The van der Waals surface area contributed by atoms with Crippen molar-refractivity contribution in [3.05, 3.63) is 65.2 Å². The number of halogens is 1. The first-order valence-corrected chi connectivity index (χ1v) is 7.49. The van der Waals surface area contributed by atoms with Gasteiger partial charge in [0.25, 0.3) is 5.91 Å². The summed E-state index contributed by atoms with van der Waals surface area (Å²) < 4.78 is 9.94. The Labute approximate surface area is 144 Å². The van der Waals surface area contributed by atoms with Gasteiger partial charge in [0.05, 0.1) is 7.11 Å². The number of rotatable bonds is 6. The van der Waals surface area contributed by atoms with Crippen molar-refractivity contribution in [3.8, 4) is 5.75 Å². The Hall–Kier alpha value is -2.79. The number of methoxy groups -OCH3 is 1. The zero-order valence-electron chi connectivity index (χ0n) is 13.0. The van der Waals surface area contributed by atoms with Crippen LogP contribution in [-0.4, -0.2) is 25.6 Å². The Kier molecular flexibility index (Phi) is 6.40. The lowest BCUT2D eigenvalue weighted by Gasteiger charge is -2.07. The van der Waals surface area contributed by atoms with Gasteiger partial charge in [-0.05, 0) is 29.8 Å². The molecule has 0 unspecified atom stereocenters. The molecule has 0 aliphatic carbocycles. The van der Waals surface area contributed by atoms with Crippen LogP contribution in [0.15, 0.2) is 54.6 Å². The molecule has 6 heteroatoms. The minimum Gasteiger partial charge on any atom is -0.497 e. The van der Waals surface area contributed by atoms with Crippen LogP contribution < -0.4 is 10.1 Å². The van der Waals surface area contributed by atoms with Crippen molar-refractivity contribution >= 4 is 35.2 Å². The summed E-state index contributed by atoms with van der Waals surface area (Å²) in [6, 6.07) is 14.0. The van der Waals surface area contributed by atoms with Crippen molar-refractivity contribution in [2.45, 2.75) is 0 Å². The van der Waals surface area contributed by atoms with E-state index in [9.17, 15) is 9.59 Å². The molecule has 0 saturated heterocycles. The van der Waals surface area contributed by atoms with Crippen LogP contribution in [-0.2, 0) is 14.3 Å². The predicted octanol–water partition coefficient (Wildman–Crippen LogP) is 3.54. The minimum atomic E-state index is -0.629. The Morgan fingerprint density at radius 2 is 1.96 bits per heavy atom. The molecular formula is C18H16ClNO4. The molecule has 0 aliphatic heterocycles. The maximum Gasteiger partial charge on any atom is 0.331 e. The van der Waals surface area contributed by atoms with Gasteiger partial charge in [-0.15, -0.1) is 0 Å². The summed E-state index contributed by atoms with van der Waals surface area (Å²) in [5, 5.41) is 3.14. The molecule has 2 rings (SSSR count). The summed E-state index contributed by atoms with van der Waals surface area (Å²) in [4.78, 5) is 23.4. The molecule has 2 aromatic carbocycles.